The Kier molecular flexibility index (Phi) is 18.5. The number of rotatable bonds is 21. The van der Waals surface area contributed by atoms with Gasteiger partial charge < -0.3 is 32.8 Å². The predicted octanol–water partition coefficient (Wildman–Crippen LogP) is 3.08. The van der Waals surface area contributed by atoms with E-state index in [1.54, 1.807) is 0 Å². The molecule has 0 saturated carbocycles. The fraction of sp³-hybridized carbons (Fsp3) is 1.00. The van der Waals surface area contributed by atoms with E-state index >= 15 is 0 Å². The summed E-state index contributed by atoms with van der Waals surface area (Å²) in [7, 11) is -1.68. The van der Waals surface area contributed by atoms with Crippen LogP contribution >= 0.6 is 0 Å². The molecule has 0 fully saturated rings. The van der Waals surface area contributed by atoms with Crippen LogP contribution in [0.2, 0.25) is 18.1 Å². The molecule has 0 aliphatic heterocycles. The Balaban J connectivity index is 3.17. The highest BCUT2D eigenvalue weighted by Gasteiger charge is 2.36. The Morgan fingerprint density at radius 2 is 0.793 bits per heavy atom. The largest absolute Gasteiger partial charge is 0.414 e. The minimum atomic E-state index is -1.68. The quantitative estimate of drug-likeness (QED) is 0.200. The second kappa shape index (κ2) is 18.6. The Morgan fingerprint density at radius 1 is 0.517 bits per heavy atom. The summed E-state index contributed by atoms with van der Waals surface area (Å²) < 4.78 is 49.8. The SMILES string of the molecule is CC(C)(C)[Si](C)(C)OCCOCCOCCOCCOCCOCCOCCF. The molecule has 9 heteroatoms. The fourth-order valence-corrected chi connectivity index (χ4v) is 2.86. The molecule has 0 amide bonds. The lowest BCUT2D eigenvalue weighted by molar-refractivity contribution is -0.0183. The van der Waals surface area contributed by atoms with Gasteiger partial charge in [0, 0.05) is 0 Å². The monoisotopic (exact) mass is 442 g/mol. The zero-order valence-corrected chi connectivity index (χ0v) is 20.1. The van der Waals surface area contributed by atoms with Crippen LogP contribution in [-0.2, 0) is 32.8 Å². The predicted molar refractivity (Wildman–Crippen MR) is 114 cm³/mol. The third-order valence-electron chi connectivity index (χ3n) is 4.58. The smallest absolute Gasteiger partial charge is 0.192 e. The van der Waals surface area contributed by atoms with Crippen molar-refractivity contribution in [2.75, 3.05) is 92.6 Å². The molecule has 29 heavy (non-hydrogen) atoms. The molecule has 0 heterocycles. The van der Waals surface area contributed by atoms with Gasteiger partial charge in [0.2, 0.25) is 0 Å². The Bertz CT molecular complexity index is 354. The van der Waals surface area contributed by atoms with Gasteiger partial charge in [-0.25, -0.2) is 4.39 Å². The van der Waals surface area contributed by atoms with Gasteiger partial charge in [0.15, 0.2) is 8.32 Å². The molecule has 0 atom stereocenters. The van der Waals surface area contributed by atoms with Gasteiger partial charge in [0.25, 0.3) is 0 Å². The number of hydrogen-bond donors (Lipinski definition) is 0. The van der Waals surface area contributed by atoms with Crippen LogP contribution in [0.3, 0.4) is 0 Å². The molecule has 0 rings (SSSR count). The minimum Gasteiger partial charge on any atom is -0.414 e. The molecule has 0 unspecified atom stereocenters. The van der Waals surface area contributed by atoms with E-state index in [1.165, 1.54) is 0 Å². The van der Waals surface area contributed by atoms with E-state index in [0.717, 1.165) is 0 Å². The average Bonchev–Trinajstić information content (AvgIpc) is 2.65. The summed E-state index contributed by atoms with van der Waals surface area (Å²) >= 11 is 0. The lowest BCUT2D eigenvalue weighted by Crippen LogP contribution is -2.41. The van der Waals surface area contributed by atoms with Crippen LogP contribution < -0.4 is 0 Å². The van der Waals surface area contributed by atoms with Crippen molar-refractivity contribution in [2.45, 2.75) is 38.9 Å². The number of hydrogen-bond acceptors (Lipinski definition) is 7. The number of ether oxygens (including phenoxy) is 6. The highest BCUT2D eigenvalue weighted by Crippen LogP contribution is 2.36. The van der Waals surface area contributed by atoms with E-state index in [-0.39, 0.29) is 11.6 Å². The van der Waals surface area contributed by atoms with Crippen molar-refractivity contribution in [1.82, 2.24) is 0 Å². The van der Waals surface area contributed by atoms with E-state index in [1.807, 2.05) is 0 Å². The van der Waals surface area contributed by atoms with Gasteiger partial charge in [-0.2, -0.15) is 0 Å². The number of alkyl halides is 1. The molecule has 0 aromatic heterocycles. The highest BCUT2D eigenvalue weighted by atomic mass is 28.4. The van der Waals surface area contributed by atoms with Gasteiger partial charge in [0.05, 0.1) is 85.9 Å². The summed E-state index contributed by atoms with van der Waals surface area (Å²) in [6.07, 6.45) is 0. The maximum absolute atomic E-state index is 11.8. The van der Waals surface area contributed by atoms with E-state index < -0.39 is 15.0 Å². The van der Waals surface area contributed by atoms with Crippen LogP contribution in [-0.4, -0.2) is 101 Å². The topological polar surface area (TPSA) is 64.6 Å². The molecule has 0 saturated heterocycles. The molecular formula is C20H43FO7Si. The molecule has 0 aliphatic carbocycles. The third-order valence-corrected chi connectivity index (χ3v) is 9.12. The standard InChI is InChI=1S/C20H43FO7Si/c1-20(2,3)29(4,5)28-19-18-27-17-16-26-15-14-25-13-12-24-11-10-23-9-8-22-7-6-21/h6-19H2,1-5H3. The van der Waals surface area contributed by atoms with Crippen LogP contribution in [0.25, 0.3) is 0 Å². The fourth-order valence-electron chi connectivity index (χ4n) is 1.83. The molecule has 7 nitrogen and oxygen atoms in total. The zero-order valence-electron chi connectivity index (χ0n) is 19.1. The number of halogens is 1. The van der Waals surface area contributed by atoms with Crippen LogP contribution in [0.1, 0.15) is 20.8 Å². The molecule has 176 valence electrons. The van der Waals surface area contributed by atoms with Crippen molar-refractivity contribution in [3.8, 4) is 0 Å². The first kappa shape index (κ1) is 28.9. The molecule has 0 aliphatic rings. The van der Waals surface area contributed by atoms with E-state index in [2.05, 4.69) is 33.9 Å². The molecule has 0 spiro atoms. The first-order valence-electron chi connectivity index (χ1n) is 10.5. The molecule has 0 N–H and O–H groups in total. The lowest BCUT2D eigenvalue weighted by atomic mass is 10.2. The van der Waals surface area contributed by atoms with Crippen molar-refractivity contribution >= 4 is 8.32 Å². The first-order chi connectivity index (χ1) is 13.8. The van der Waals surface area contributed by atoms with Gasteiger partial charge in [-0.3, -0.25) is 0 Å². The van der Waals surface area contributed by atoms with Crippen molar-refractivity contribution in [3.63, 3.8) is 0 Å². The van der Waals surface area contributed by atoms with Crippen LogP contribution in [0.15, 0.2) is 0 Å². The second-order valence-electron chi connectivity index (χ2n) is 7.97. The molecule has 0 aromatic carbocycles. The average molecular weight is 443 g/mol. The summed E-state index contributed by atoms with van der Waals surface area (Å²) in [4.78, 5) is 0. The van der Waals surface area contributed by atoms with Crippen LogP contribution in [0, 0.1) is 0 Å². The molecule has 0 radical (unpaired) electrons. The van der Waals surface area contributed by atoms with Gasteiger partial charge >= 0.3 is 0 Å². The van der Waals surface area contributed by atoms with Gasteiger partial charge in [-0.15, -0.1) is 0 Å². The molecule has 0 aromatic rings. The first-order valence-corrected chi connectivity index (χ1v) is 13.4. The molecule has 0 bridgehead atoms. The molecular weight excluding hydrogens is 399 g/mol. The van der Waals surface area contributed by atoms with Gasteiger partial charge in [-0.1, -0.05) is 20.8 Å². The summed E-state index contributed by atoms with van der Waals surface area (Å²) in [5.74, 6) is 0. The van der Waals surface area contributed by atoms with Crippen molar-refractivity contribution < 1.29 is 37.2 Å². The van der Waals surface area contributed by atoms with Crippen molar-refractivity contribution in [3.05, 3.63) is 0 Å². The van der Waals surface area contributed by atoms with Crippen molar-refractivity contribution in [2.24, 2.45) is 0 Å². The van der Waals surface area contributed by atoms with E-state index in [4.69, 9.17) is 32.8 Å². The highest BCUT2D eigenvalue weighted by molar-refractivity contribution is 6.74. The Hall–Kier alpha value is -0.133. The Labute approximate surface area is 177 Å². The van der Waals surface area contributed by atoms with Crippen molar-refractivity contribution in [1.29, 1.82) is 0 Å². The van der Waals surface area contributed by atoms with Crippen LogP contribution in [0.5, 0.6) is 0 Å². The van der Waals surface area contributed by atoms with Crippen LogP contribution in [0.4, 0.5) is 4.39 Å². The normalized spacial score (nSPS) is 12.6. The second-order valence-corrected chi connectivity index (χ2v) is 12.8. The summed E-state index contributed by atoms with van der Waals surface area (Å²) in [6, 6.07) is 0. The third kappa shape index (κ3) is 18.4. The zero-order chi connectivity index (χ0) is 21.8. The summed E-state index contributed by atoms with van der Waals surface area (Å²) in [5, 5.41) is 0.224. The van der Waals surface area contributed by atoms with E-state index in [9.17, 15) is 4.39 Å². The summed E-state index contributed by atoms with van der Waals surface area (Å²) in [5.41, 5.74) is 0. The van der Waals surface area contributed by atoms with Gasteiger partial charge in [0.1, 0.15) is 6.67 Å². The Morgan fingerprint density at radius 3 is 1.07 bits per heavy atom. The van der Waals surface area contributed by atoms with Gasteiger partial charge in [-0.05, 0) is 18.1 Å². The summed E-state index contributed by atoms with van der Waals surface area (Å²) in [6.45, 7) is 17.1. The minimum absolute atomic E-state index is 0.125. The van der Waals surface area contributed by atoms with E-state index in [0.29, 0.717) is 79.3 Å². The maximum atomic E-state index is 11.8. The lowest BCUT2D eigenvalue weighted by Gasteiger charge is -2.36. The maximum Gasteiger partial charge on any atom is 0.192 e.